The molecule has 1 saturated heterocycles. The maximum Gasteiger partial charge on any atom is 0.182 e. The molecule has 22 heavy (non-hydrogen) atoms. The second-order valence-corrected chi connectivity index (χ2v) is 6.29. The molecule has 2 aromatic rings. The molecule has 0 atom stereocenters. The summed E-state index contributed by atoms with van der Waals surface area (Å²) < 4.78 is 12.6. The first-order valence-corrected chi connectivity index (χ1v) is 8.26. The minimum absolute atomic E-state index is 0.204. The quantitative estimate of drug-likeness (QED) is 0.822. The molecular formula is C20H22O2. The molecule has 1 saturated carbocycles. The Morgan fingerprint density at radius 1 is 0.636 bits per heavy atom. The minimum atomic E-state index is -0.506. The summed E-state index contributed by atoms with van der Waals surface area (Å²) in [7, 11) is 0. The van der Waals surface area contributed by atoms with Gasteiger partial charge in [-0.1, -0.05) is 67.1 Å². The molecule has 1 spiro atoms. The molecule has 4 rings (SSSR count). The molecule has 2 fully saturated rings. The van der Waals surface area contributed by atoms with Gasteiger partial charge < -0.3 is 9.47 Å². The Kier molecular flexibility index (Phi) is 3.51. The molecule has 0 amide bonds. The molecule has 0 aromatic heterocycles. The predicted octanol–water partition coefficient (Wildman–Crippen LogP) is 4.29. The number of ether oxygens (including phenoxy) is 2. The van der Waals surface area contributed by atoms with E-state index in [-0.39, 0.29) is 5.41 Å². The molecule has 1 aliphatic carbocycles. The van der Waals surface area contributed by atoms with Crippen LogP contribution in [-0.2, 0) is 14.9 Å². The summed E-state index contributed by atoms with van der Waals surface area (Å²) in [6, 6.07) is 21.6. The highest BCUT2D eigenvalue weighted by Gasteiger charge is 2.58. The van der Waals surface area contributed by atoms with Gasteiger partial charge in [0.1, 0.15) is 0 Å². The lowest BCUT2D eigenvalue weighted by atomic mass is 9.61. The van der Waals surface area contributed by atoms with Gasteiger partial charge in [0.15, 0.2) is 5.79 Å². The van der Waals surface area contributed by atoms with Crippen molar-refractivity contribution in [3.63, 3.8) is 0 Å². The summed E-state index contributed by atoms with van der Waals surface area (Å²) in [6.45, 7) is 1.39. The van der Waals surface area contributed by atoms with Crippen molar-refractivity contribution in [2.75, 3.05) is 13.2 Å². The Morgan fingerprint density at radius 2 is 1.14 bits per heavy atom. The zero-order chi connectivity index (χ0) is 14.9. The number of benzene rings is 2. The summed E-state index contributed by atoms with van der Waals surface area (Å²) in [5, 5.41) is 0. The minimum Gasteiger partial charge on any atom is -0.346 e. The third kappa shape index (κ3) is 1.94. The van der Waals surface area contributed by atoms with E-state index in [1.165, 1.54) is 24.0 Å². The monoisotopic (exact) mass is 294 g/mol. The van der Waals surface area contributed by atoms with Gasteiger partial charge >= 0.3 is 0 Å². The summed E-state index contributed by atoms with van der Waals surface area (Å²) in [4.78, 5) is 0. The van der Waals surface area contributed by atoms with Crippen molar-refractivity contribution >= 4 is 0 Å². The van der Waals surface area contributed by atoms with Crippen LogP contribution in [0.1, 0.15) is 36.8 Å². The normalized spacial score (nSPS) is 22.7. The third-order valence-corrected chi connectivity index (χ3v) is 5.24. The van der Waals surface area contributed by atoms with Crippen molar-refractivity contribution in [3.05, 3.63) is 71.8 Å². The highest BCUT2D eigenvalue weighted by molar-refractivity contribution is 5.43. The lowest BCUT2D eigenvalue weighted by Gasteiger charge is -2.50. The van der Waals surface area contributed by atoms with Crippen molar-refractivity contribution in [3.8, 4) is 0 Å². The molecule has 1 aliphatic heterocycles. The average molecular weight is 294 g/mol. The molecule has 2 heteroatoms. The summed E-state index contributed by atoms with van der Waals surface area (Å²) >= 11 is 0. The SMILES string of the molecule is c1ccc(C2(c3ccccc3)CCCCC23OCCO3)cc1. The van der Waals surface area contributed by atoms with Crippen LogP contribution in [0.15, 0.2) is 60.7 Å². The molecular weight excluding hydrogens is 272 g/mol. The van der Waals surface area contributed by atoms with Crippen molar-refractivity contribution in [2.24, 2.45) is 0 Å². The lowest BCUT2D eigenvalue weighted by molar-refractivity contribution is -0.215. The van der Waals surface area contributed by atoms with Crippen LogP contribution in [0.2, 0.25) is 0 Å². The van der Waals surface area contributed by atoms with Crippen LogP contribution in [-0.4, -0.2) is 19.0 Å². The molecule has 2 nitrogen and oxygen atoms in total. The van der Waals surface area contributed by atoms with Crippen molar-refractivity contribution in [1.29, 1.82) is 0 Å². The van der Waals surface area contributed by atoms with Crippen LogP contribution >= 0.6 is 0 Å². The fraction of sp³-hybridized carbons (Fsp3) is 0.400. The van der Waals surface area contributed by atoms with E-state index < -0.39 is 5.79 Å². The van der Waals surface area contributed by atoms with Crippen LogP contribution in [0.4, 0.5) is 0 Å². The molecule has 1 heterocycles. The van der Waals surface area contributed by atoms with Crippen LogP contribution in [0.5, 0.6) is 0 Å². The molecule has 2 aromatic carbocycles. The average Bonchev–Trinajstić information content (AvgIpc) is 3.06. The largest absolute Gasteiger partial charge is 0.346 e. The smallest absolute Gasteiger partial charge is 0.182 e. The molecule has 2 aliphatic rings. The van der Waals surface area contributed by atoms with E-state index >= 15 is 0 Å². The van der Waals surface area contributed by atoms with Gasteiger partial charge in [0, 0.05) is 6.42 Å². The van der Waals surface area contributed by atoms with Gasteiger partial charge in [-0.15, -0.1) is 0 Å². The van der Waals surface area contributed by atoms with Crippen molar-refractivity contribution in [2.45, 2.75) is 36.9 Å². The fourth-order valence-electron chi connectivity index (χ4n) is 4.34. The zero-order valence-corrected chi connectivity index (χ0v) is 12.8. The summed E-state index contributed by atoms with van der Waals surface area (Å²) in [6.07, 6.45) is 4.41. The van der Waals surface area contributed by atoms with E-state index in [2.05, 4.69) is 60.7 Å². The van der Waals surface area contributed by atoms with Crippen LogP contribution in [0.3, 0.4) is 0 Å². The second-order valence-electron chi connectivity index (χ2n) is 6.29. The third-order valence-electron chi connectivity index (χ3n) is 5.24. The topological polar surface area (TPSA) is 18.5 Å². The van der Waals surface area contributed by atoms with Gasteiger partial charge in [-0.25, -0.2) is 0 Å². The Morgan fingerprint density at radius 3 is 1.68 bits per heavy atom. The highest BCUT2D eigenvalue weighted by atomic mass is 16.7. The Labute approximate surface area is 132 Å². The zero-order valence-electron chi connectivity index (χ0n) is 12.8. The maximum atomic E-state index is 6.28. The maximum absolute atomic E-state index is 6.28. The molecule has 0 bridgehead atoms. The predicted molar refractivity (Wildman–Crippen MR) is 86.8 cm³/mol. The van der Waals surface area contributed by atoms with E-state index in [0.717, 1.165) is 12.8 Å². The first kappa shape index (κ1) is 14.0. The Hall–Kier alpha value is -1.64. The van der Waals surface area contributed by atoms with Gasteiger partial charge in [0.25, 0.3) is 0 Å². The van der Waals surface area contributed by atoms with E-state index in [1.807, 2.05) is 0 Å². The van der Waals surface area contributed by atoms with Crippen molar-refractivity contribution in [1.82, 2.24) is 0 Å². The van der Waals surface area contributed by atoms with Gasteiger partial charge in [0.2, 0.25) is 0 Å². The van der Waals surface area contributed by atoms with Crippen molar-refractivity contribution < 1.29 is 9.47 Å². The van der Waals surface area contributed by atoms with Gasteiger partial charge in [-0.2, -0.15) is 0 Å². The van der Waals surface area contributed by atoms with Crippen LogP contribution in [0, 0.1) is 0 Å². The van der Waals surface area contributed by atoms with Crippen LogP contribution < -0.4 is 0 Å². The number of hydrogen-bond acceptors (Lipinski definition) is 2. The first-order chi connectivity index (χ1) is 10.9. The first-order valence-electron chi connectivity index (χ1n) is 8.26. The molecule has 0 radical (unpaired) electrons. The lowest BCUT2D eigenvalue weighted by Crippen LogP contribution is -2.55. The summed E-state index contributed by atoms with van der Waals surface area (Å²) in [5.74, 6) is -0.506. The fourth-order valence-corrected chi connectivity index (χ4v) is 4.34. The van der Waals surface area contributed by atoms with Gasteiger partial charge in [0.05, 0.1) is 18.6 Å². The number of rotatable bonds is 2. The van der Waals surface area contributed by atoms with E-state index in [9.17, 15) is 0 Å². The summed E-state index contributed by atoms with van der Waals surface area (Å²) in [5.41, 5.74) is 2.41. The standard InChI is InChI=1S/C20H22O2/c1-3-9-17(10-4-1)19(18-11-5-2-6-12-18)13-7-8-14-20(19)21-15-16-22-20/h1-6,9-12H,7-8,13-16H2. The molecule has 114 valence electrons. The highest BCUT2D eigenvalue weighted by Crippen LogP contribution is 2.54. The van der Waals surface area contributed by atoms with E-state index in [0.29, 0.717) is 13.2 Å². The van der Waals surface area contributed by atoms with Gasteiger partial charge in [-0.3, -0.25) is 0 Å². The Bertz CT molecular complexity index is 575. The van der Waals surface area contributed by atoms with E-state index in [1.54, 1.807) is 0 Å². The second kappa shape index (κ2) is 5.53. The van der Waals surface area contributed by atoms with Crippen LogP contribution in [0.25, 0.3) is 0 Å². The number of hydrogen-bond donors (Lipinski definition) is 0. The molecule has 0 N–H and O–H groups in total. The van der Waals surface area contributed by atoms with Gasteiger partial charge in [-0.05, 0) is 24.0 Å². The van der Waals surface area contributed by atoms with E-state index in [4.69, 9.17) is 9.47 Å². The Balaban J connectivity index is 1.95. The molecule has 0 unspecified atom stereocenters.